The van der Waals surface area contributed by atoms with Crippen LogP contribution in [0.1, 0.15) is 28.3 Å². The molecule has 2 aromatic carbocycles. The minimum atomic E-state index is 0.175. The highest BCUT2D eigenvalue weighted by molar-refractivity contribution is 5.58. The van der Waals surface area contributed by atoms with E-state index in [9.17, 15) is 5.11 Å². The molecular formula is C19H22N2O3. The number of hydrogen-bond donors (Lipinski definition) is 2. The fourth-order valence-electron chi connectivity index (χ4n) is 4.05. The molecule has 2 aromatic rings. The summed E-state index contributed by atoms with van der Waals surface area (Å²) in [5, 5.41) is 10.0. The highest BCUT2D eigenvalue weighted by Gasteiger charge is 2.34. The number of phenolic OH excluding ortho intramolecular Hbond substituents is 1. The first-order valence-electron chi connectivity index (χ1n) is 8.20. The van der Waals surface area contributed by atoms with Crippen molar-refractivity contribution in [1.29, 1.82) is 0 Å². The van der Waals surface area contributed by atoms with Crippen LogP contribution < -0.4 is 15.2 Å². The zero-order valence-corrected chi connectivity index (χ0v) is 14.0. The molecule has 0 saturated heterocycles. The molecule has 0 aromatic heterocycles. The lowest BCUT2D eigenvalue weighted by Crippen LogP contribution is -2.39. The van der Waals surface area contributed by atoms with Crippen LogP contribution in [0, 0.1) is 0 Å². The third-order valence-corrected chi connectivity index (χ3v) is 5.28. The quantitative estimate of drug-likeness (QED) is 0.656. The third kappa shape index (κ3) is 2.19. The van der Waals surface area contributed by atoms with Crippen LogP contribution in [-0.2, 0) is 19.4 Å². The summed E-state index contributed by atoms with van der Waals surface area (Å²) in [6.45, 7) is 1.80. The zero-order chi connectivity index (χ0) is 16.8. The van der Waals surface area contributed by atoms with E-state index in [-0.39, 0.29) is 11.8 Å². The Morgan fingerprint density at radius 3 is 2.75 bits per heavy atom. The minimum absolute atomic E-state index is 0.175. The number of hydrogen-bond acceptors (Lipinski definition) is 5. The summed E-state index contributed by atoms with van der Waals surface area (Å²) in [6, 6.07) is 8.13. The summed E-state index contributed by atoms with van der Waals surface area (Å²) >= 11 is 0. The Morgan fingerprint density at radius 1 is 1.17 bits per heavy atom. The molecule has 2 aliphatic rings. The lowest BCUT2D eigenvalue weighted by Gasteiger charge is -2.42. The van der Waals surface area contributed by atoms with Gasteiger partial charge in [-0.1, -0.05) is 6.07 Å². The molecule has 4 rings (SSSR count). The van der Waals surface area contributed by atoms with Gasteiger partial charge in [-0.2, -0.15) is 0 Å². The van der Waals surface area contributed by atoms with E-state index in [1.54, 1.807) is 14.2 Å². The van der Waals surface area contributed by atoms with Crippen molar-refractivity contribution < 1.29 is 14.6 Å². The largest absolute Gasteiger partial charge is 0.506 e. The Kier molecular flexibility index (Phi) is 3.53. The van der Waals surface area contributed by atoms with E-state index < -0.39 is 0 Å². The lowest BCUT2D eigenvalue weighted by molar-refractivity contribution is 0.157. The van der Waals surface area contributed by atoms with Crippen LogP contribution in [0.25, 0.3) is 0 Å². The molecule has 0 amide bonds. The molecule has 1 atom stereocenters. The number of benzene rings is 2. The Hall–Kier alpha value is -2.40. The SMILES string of the molecule is COc1ccc2c(c1OC)CN1CCc3cc(N)c(O)cc3C1C2. The summed E-state index contributed by atoms with van der Waals surface area (Å²) in [6.07, 6.45) is 1.84. The number of methoxy groups -OCH3 is 2. The van der Waals surface area contributed by atoms with Gasteiger partial charge in [-0.15, -0.1) is 0 Å². The van der Waals surface area contributed by atoms with E-state index in [0.717, 1.165) is 37.4 Å². The summed E-state index contributed by atoms with van der Waals surface area (Å²) in [5.74, 6) is 1.78. The van der Waals surface area contributed by atoms with Gasteiger partial charge in [-0.05, 0) is 47.7 Å². The highest BCUT2D eigenvalue weighted by atomic mass is 16.5. The van der Waals surface area contributed by atoms with Crippen molar-refractivity contribution in [2.45, 2.75) is 25.4 Å². The van der Waals surface area contributed by atoms with E-state index >= 15 is 0 Å². The van der Waals surface area contributed by atoms with Crippen molar-refractivity contribution in [3.8, 4) is 17.2 Å². The van der Waals surface area contributed by atoms with Gasteiger partial charge in [-0.3, -0.25) is 4.90 Å². The number of nitrogens with zero attached hydrogens (tertiary/aromatic N) is 1. The average Bonchev–Trinajstić information content (AvgIpc) is 2.60. The number of fused-ring (bicyclic) bond motifs is 4. The number of anilines is 1. The van der Waals surface area contributed by atoms with E-state index in [1.807, 2.05) is 18.2 Å². The summed E-state index contributed by atoms with van der Waals surface area (Å²) < 4.78 is 11.0. The predicted octanol–water partition coefficient (Wildman–Crippen LogP) is 2.65. The fourth-order valence-corrected chi connectivity index (χ4v) is 4.05. The van der Waals surface area contributed by atoms with Crippen molar-refractivity contribution in [3.63, 3.8) is 0 Å². The molecule has 24 heavy (non-hydrogen) atoms. The maximum absolute atomic E-state index is 10.0. The van der Waals surface area contributed by atoms with Gasteiger partial charge in [0.25, 0.3) is 0 Å². The molecule has 3 N–H and O–H groups in total. The Labute approximate surface area is 141 Å². The normalized spacial score (nSPS) is 19.2. The first kappa shape index (κ1) is 15.1. The minimum Gasteiger partial charge on any atom is -0.506 e. The van der Waals surface area contributed by atoms with Crippen molar-refractivity contribution in [1.82, 2.24) is 4.90 Å². The van der Waals surface area contributed by atoms with E-state index in [1.165, 1.54) is 22.3 Å². The monoisotopic (exact) mass is 326 g/mol. The number of aromatic hydroxyl groups is 1. The van der Waals surface area contributed by atoms with Gasteiger partial charge in [0.05, 0.1) is 19.9 Å². The van der Waals surface area contributed by atoms with Gasteiger partial charge in [0.15, 0.2) is 11.5 Å². The Balaban J connectivity index is 1.78. The van der Waals surface area contributed by atoms with Crippen LogP contribution in [0.4, 0.5) is 5.69 Å². The lowest BCUT2D eigenvalue weighted by atomic mass is 9.83. The standard InChI is InChI=1S/C19H22N2O3/c1-23-18-4-3-11-8-16-13-9-17(22)15(20)7-12(13)5-6-21(16)10-14(11)19(18)24-2/h3-4,7,9,16,22H,5-6,8,10,20H2,1-2H3. The maximum atomic E-state index is 10.0. The molecule has 0 bridgehead atoms. The van der Waals surface area contributed by atoms with Gasteiger partial charge in [0, 0.05) is 24.7 Å². The zero-order valence-electron chi connectivity index (χ0n) is 14.0. The highest BCUT2D eigenvalue weighted by Crippen LogP contribution is 2.44. The molecule has 5 nitrogen and oxygen atoms in total. The van der Waals surface area contributed by atoms with Gasteiger partial charge in [0.1, 0.15) is 5.75 Å². The molecule has 0 aliphatic carbocycles. The Morgan fingerprint density at radius 2 is 2.00 bits per heavy atom. The van der Waals surface area contributed by atoms with Crippen molar-refractivity contribution >= 4 is 5.69 Å². The average molecular weight is 326 g/mol. The second-order valence-corrected chi connectivity index (χ2v) is 6.49. The van der Waals surface area contributed by atoms with Crippen LogP contribution in [0.3, 0.4) is 0 Å². The van der Waals surface area contributed by atoms with Crippen molar-refractivity contribution in [2.75, 3.05) is 26.5 Å². The first-order chi connectivity index (χ1) is 11.6. The number of nitrogen functional groups attached to an aromatic ring is 1. The number of nitrogens with two attached hydrogens (primary N) is 1. The number of ether oxygens (including phenoxy) is 2. The summed E-state index contributed by atoms with van der Waals surface area (Å²) in [5.41, 5.74) is 11.2. The van der Waals surface area contributed by atoms with E-state index in [0.29, 0.717) is 5.69 Å². The maximum Gasteiger partial charge on any atom is 0.165 e. The van der Waals surface area contributed by atoms with Gasteiger partial charge >= 0.3 is 0 Å². The van der Waals surface area contributed by atoms with Crippen molar-refractivity contribution in [3.05, 3.63) is 46.5 Å². The van der Waals surface area contributed by atoms with Crippen LogP contribution in [0.15, 0.2) is 24.3 Å². The van der Waals surface area contributed by atoms with E-state index in [4.69, 9.17) is 15.2 Å². The molecule has 0 fully saturated rings. The topological polar surface area (TPSA) is 68.0 Å². The van der Waals surface area contributed by atoms with Crippen LogP contribution in [-0.4, -0.2) is 30.8 Å². The molecule has 2 heterocycles. The van der Waals surface area contributed by atoms with Crippen molar-refractivity contribution in [2.24, 2.45) is 0 Å². The van der Waals surface area contributed by atoms with Gasteiger partial charge < -0.3 is 20.3 Å². The number of phenols is 1. The predicted molar refractivity (Wildman–Crippen MR) is 92.6 cm³/mol. The second kappa shape index (κ2) is 5.60. The Bertz CT molecular complexity index is 804. The first-order valence-corrected chi connectivity index (χ1v) is 8.20. The molecular weight excluding hydrogens is 304 g/mol. The third-order valence-electron chi connectivity index (χ3n) is 5.28. The van der Waals surface area contributed by atoms with Crippen LogP contribution in [0.5, 0.6) is 17.2 Å². The molecule has 0 radical (unpaired) electrons. The van der Waals surface area contributed by atoms with Crippen LogP contribution in [0.2, 0.25) is 0 Å². The summed E-state index contributed by atoms with van der Waals surface area (Å²) in [7, 11) is 3.36. The molecule has 1 unspecified atom stereocenters. The second-order valence-electron chi connectivity index (χ2n) is 6.49. The molecule has 0 saturated carbocycles. The molecule has 0 spiro atoms. The molecule has 2 aliphatic heterocycles. The molecule has 126 valence electrons. The smallest absolute Gasteiger partial charge is 0.165 e. The van der Waals surface area contributed by atoms with Crippen LogP contribution >= 0.6 is 0 Å². The fraction of sp³-hybridized carbons (Fsp3) is 0.368. The number of rotatable bonds is 2. The van der Waals surface area contributed by atoms with Gasteiger partial charge in [-0.25, -0.2) is 0 Å². The summed E-state index contributed by atoms with van der Waals surface area (Å²) in [4.78, 5) is 2.45. The van der Waals surface area contributed by atoms with Gasteiger partial charge in [0.2, 0.25) is 0 Å². The molecule has 5 heteroatoms. The van der Waals surface area contributed by atoms with E-state index in [2.05, 4.69) is 11.0 Å².